The molecule has 3 heterocycles. The van der Waals surface area contributed by atoms with E-state index in [2.05, 4.69) is 36.3 Å². The fourth-order valence-corrected chi connectivity index (χ4v) is 4.76. The molecule has 4 rings (SSSR count). The van der Waals surface area contributed by atoms with E-state index in [-0.39, 0.29) is 0 Å². The van der Waals surface area contributed by atoms with E-state index in [4.69, 9.17) is 0 Å². The van der Waals surface area contributed by atoms with Gasteiger partial charge in [0.2, 0.25) is 0 Å². The standard InChI is InChI=1S/C20H32N6/c1-16-21-11-13-25(16)15-19-22-23-20(24(19)2)17-8-7-12-26(14-17)18-9-5-3-4-6-10-18/h11,13,17-18H,3-10,12,14-15H2,1-2H3/t17-/m1/s1. The first kappa shape index (κ1) is 17.7. The van der Waals surface area contributed by atoms with Gasteiger partial charge in [0.25, 0.3) is 0 Å². The predicted molar refractivity (Wildman–Crippen MR) is 102 cm³/mol. The summed E-state index contributed by atoms with van der Waals surface area (Å²) in [6, 6.07) is 0.793. The number of aryl methyl sites for hydroxylation is 1. The summed E-state index contributed by atoms with van der Waals surface area (Å²) < 4.78 is 4.35. The van der Waals surface area contributed by atoms with Gasteiger partial charge in [-0.2, -0.15) is 0 Å². The Kier molecular flexibility index (Phi) is 5.38. The zero-order valence-corrected chi connectivity index (χ0v) is 16.3. The van der Waals surface area contributed by atoms with E-state index < -0.39 is 0 Å². The second-order valence-corrected chi connectivity index (χ2v) is 8.12. The molecule has 6 heteroatoms. The summed E-state index contributed by atoms with van der Waals surface area (Å²) in [5, 5.41) is 9.11. The smallest absolute Gasteiger partial charge is 0.152 e. The Morgan fingerprint density at radius 2 is 1.85 bits per heavy atom. The van der Waals surface area contributed by atoms with E-state index >= 15 is 0 Å². The zero-order chi connectivity index (χ0) is 17.9. The molecule has 1 saturated carbocycles. The van der Waals surface area contributed by atoms with Crippen molar-refractivity contribution in [3.63, 3.8) is 0 Å². The summed E-state index contributed by atoms with van der Waals surface area (Å²) in [6.07, 6.45) is 14.8. The monoisotopic (exact) mass is 356 g/mol. The number of likely N-dealkylation sites (tertiary alicyclic amines) is 1. The molecule has 0 radical (unpaired) electrons. The quantitative estimate of drug-likeness (QED) is 0.789. The third kappa shape index (κ3) is 3.70. The van der Waals surface area contributed by atoms with Gasteiger partial charge in [0, 0.05) is 37.9 Å². The molecular formula is C20H32N6. The Bertz CT molecular complexity index is 710. The van der Waals surface area contributed by atoms with Crippen LogP contribution in [0.1, 0.15) is 74.8 Å². The highest BCUT2D eigenvalue weighted by atomic mass is 15.3. The van der Waals surface area contributed by atoms with Gasteiger partial charge < -0.3 is 9.13 Å². The summed E-state index contributed by atoms with van der Waals surface area (Å²) >= 11 is 0. The van der Waals surface area contributed by atoms with Gasteiger partial charge in [0.1, 0.15) is 11.6 Å². The number of nitrogens with zero attached hydrogens (tertiary/aromatic N) is 6. The number of rotatable bonds is 4. The van der Waals surface area contributed by atoms with E-state index in [1.54, 1.807) is 0 Å². The van der Waals surface area contributed by atoms with Crippen molar-refractivity contribution in [1.82, 2.24) is 29.2 Å². The fourth-order valence-electron chi connectivity index (χ4n) is 4.76. The van der Waals surface area contributed by atoms with E-state index in [9.17, 15) is 0 Å². The van der Waals surface area contributed by atoms with Crippen molar-refractivity contribution in [1.29, 1.82) is 0 Å². The molecule has 6 nitrogen and oxygen atoms in total. The summed E-state index contributed by atoms with van der Waals surface area (Å²) in [5.74, 6) is 3.72. The number of hydrogen-bond acceptors (Lipinski definition) is 4. The van der Waals surface area contributed by atoms with Crippen LogP contribution >= 0.6 is 0 Å². The van der Waals surface area contributed by atoms with Gasteiger partial charge in [-0.25, -0.2) is 4.98 Å². The summed E-state index contributed by atoms with van der Waals surface area (Å²) in [6.45, 7) is 5.19. The molecule has 1 atom stereocenters. The Hall–Kier alpha value is -1.69. The van der Waals surface area contributed by atoms with Crippen molar-refractivity contribution < 1.29 is 0 Å². The van der Waals surface area contributed by atoms with Crippen molar-refractivity contribution in [2.24, 2.45) is 7.05 Å². The molecule has 0 amide bonds. The Labute approximate surface area is 156 Å². The van der Waals surface area contributed by atoms with Gasteiger partial charge in [0.05, 0.1) is 6.54 Å². The highest BCUT2D eigenvalue weighted by Crippen LogP contribution is 2.30. The van der Waals surface area contributed by atoms with Crippen LogP contribution in [-0.4, -0.2) is 48.3 Å². The molecule has 0 spiro atoms. The molecule has 2 aromatic rings. The van der Waals surface area contributed by atoms with E-state index in [0.717, 1.165) is 36.6 Å². The van der Waals surface area contributed by atoms with Gasteiger partial charge in [0.15, 0.2) is 5.82 Å². The Morgan fingerprint density at radius 3 is 2.58 bits per heavy atom. The maximum Gasteiger partial charge on any atom is 0.152 e. The molecule has 2 aliphatic rings. The third-order valence-electron chi connectivity index (χ3n) is 6.39. The SMILES string of the molecule is Cc1nccn1Cc1nnc([C@@H]2CCCN(C3CCCCCC3)C2)n1C. The van der Waals surface area contributed by atoms with Gasteiger partial charge in [-0.05, 0) is 39.2 Å². The molecule has 1 saturated heterocycles. The van der Waals surface area contributed by atoms with Crippen molar-refractivity contribution >= 4 is 0 Å². The largest absolute Gasteiger partial charge is 0.328 e. The molecule has 0 unspecified atom stereocenters. The summed E-state index contributed by atoms with van der Waals surface area (Å²) in [7, 11) is 2.13. The van der Waals surface area contributed by atoms with Crippen LogP contribution in [0.2, 0.25) is 0 Å². The molecule has 2 fully saturated rings. The maximum atomic E-state index is 4.60. The maximum absolute atomic E-state index is 4.60. The minimum absolute atomic E-state index is 0.516. The molecule has 0 N–H and O–H groups in total. The lowest BCUT2D eigenvalue weighted by molar-refractivity contribution is 0.132. The van der Waals surface area contributed by atoms with Crippen molar-refractivity contribution in [3.8, 4) is 0 Å². The first-order chi connectivity index (χ1) is 12.7. The van der Waals surface area contributed by atoms with Crippen LogP contribution in [0, 0.1) is 6.92 Å². The molecule has 2 aromatic heterocycles. The summed E-state index contributed by atoms with van der Waals surface area (Å²) in [4.78, 5) is 7.07. The van der Waals surface area contributed by atoms with Gasteiger partial charge >= 0.3 is 0 Å². The molecule has 142 valence electrons. The predicted octanol–water partition coefficient (Wildman–Crippen LogP) is 3.27. The van der Waals surface area contributed by atoms with E-state index in [1.165, 1.54) is 57.9 Å². The number of aromatic nitrogens is 5. The van der Waals surface area contributed by atoms with Gasteiger partial charge in [-0.1, -0.05) is 25.7 Å². The molecule has 26 heavy (non-hydrogen) atoms. The average molecular weight is 357 g/mol. The van der Waals surface area contributed by atoms with Crippen molar-refractivity contribution in [2.45, 2.75) is 76.8 Å². The van der Waals surface area contributed by atoms with Crippen LogP contribution in [0.15, 0.2) is 12.4 Å². The molecule has 0 bridgehead atoms. The molecule has 0 aromatic carbocycles. The van der Waals surface area contributed by atoms with Crippen LogP contribution in [0.4, 0.5) is 0 Å². The molecule has 1 aliphatic heterocycles. The van der Waals surface area contributed by atoms with Crippen LogP contribution in [0.25, 0.3) is 0 Å². The molecular weight excluding hydrogens is 324 g/mol. The number of piperidine rings is 1. The van der Waals surface area contributed by atoms with Crippen LogP contribution < -0.4 is 0 Å². The minimum Gasteiger partial charge on any atom is -0.328 e. The number of hydrogen-bond donors (Lipinski definition) is 0. The van der Waals surface area contributed by atoms with Gasteiger partial charge in [-0.15, -0.1) is 10.2 Å². The second kappa shape index (κ2) is 7.91. The molecule has 1 aliphatic carbocycles. The first-order valence-corrected chi connectivity index (χ1v) is 10.3. The van der Waals surface area contributed by atoms with Gasteiger partial charge in [-0.3, -0.25) is 4.90 Å². The normalized spacial score (nSPS) is 23.2. The van der Waals surface area contributed by atoms with Crippen molar-refractivity contribution in [3.05, 3.63) is 29.9 Å². The zero-order valence-electron chi connectivity index (χ0n) is 16.3. The van der Waals surface area contributed by atoms with Crippen molar-refractivity contribution in [2.75, 3.05) is 13.1 Å². The van der Waals surface area contributed by atoms with Crippen LogP contribution in [0.5, 0.6) is 0 Å². The second-order valence-electron chi connectivity index (χ2n) is 8.12. The first-order valence-electron chi connectivity index (χ1n) is 10.3. The van der Waals surface area contributed by atoms with Crippen LogP contribution in [-0.2, 0) is 13.6 Å². The number of imidazole rings is 1. The lowest BCUT2D eigenvalue weighted by Crippen LogP contribution is -2.42. The third-order valence-corrected chi connectivity index (χ3v) is 6.39. The minimum atomic E-state index is 0.516. The van der Waals surface area contributed by atoms with E-state index in [1.807, 2.05) is 19.3 Å². The Balaban J connectivity index is 1.46. The average Bonchev–Trinajstić information content (AvgIpc) is 3.10. The van der Waals surface area contributed by atoms with Crippen LogP contribution in [0.3, 0.4) is 0 Å². The highest BCUT2D eigenvalue weighted by Gasteiger charge is 2.30. The lowest BCUT2D eigenvalue weighted by Gasteiger charge is -2.37. The lowest BCUT2D eigenvalue weighted by atomic mass is 9.94. The fraction of sp³-hybridized carbons (Fsp3) is 0.750. The summed E-state index contributed by atoms with van der Waals surface area (Å²) in [5.41, 5.74) is 0. The van der Waals surface area contributed by atoms with E-state index in [0.29, 0.717) is 5.92 Å². The Morgan fingerprint density at radius 1 is 1.04 bits per heavy atom. The highest BCUT2D eigenvalue weighted by molar-refractivity contribution is 5.06. The topological polar surface area (TPSA) is 51.8 Å².